The molecule has 0 saturated carbocycles. The summed E-state index contributed by atoms with van der Waals surface area (Å²) >= 11 is 0. The highest BCUT2D eigenvalue weighted by atomic mass is 16.5. The van der Waals surface area contributed by atoms with Crippen LogP contribution in [0.4, 0.5) is 0 Å². The predicted octanol–water partition coefficient (Wildman–Crippen LogP) is 2.09. The SMILES string of the molecule is CCOC(=O)c1cc(C)nn(Cc2cccc(C)c2)c1=O. The summed E-state index contributed by atoms with van der Waals surface area (Å²) in [6.07, 6.45) is 0. The van der Waals surface area contributed by atoms with Gasteiger partial charge in [-0.2, -0.15) is 5.10 Å². The first-order valence-corrected chi connectivity index (χ1v) is 6.82. The highest BCUT2D eigenvalue weighted by molar-refractivity contribution is 5.88. The van der Waals surface area contributed by atoms with E-state index in [0.29, 0.717) is 12.2 Å². The number of hydrogen-bond acceptors (Lipinski definition) is 4. The van der Waals surface area contributed by atoms with E-state index in [4.69, 9.17) is 4.74 Å². The quantitative estimate of drug-likeness (QED) is 0.807. The molecule has 0 saturated heterocycles. The number of ether oxygens (including phenoxy) is 1. The predicted molar refractivity (Wildman–Crippen MR) is 79.5 cm³/mol. The van der Waals surface area contributed by atoms with Crippen LogP contribution in [0.5, 0.6) is 0 Å². The van der Waals surface area contributed by atoms with Crippen molar-refractivity contribution in [1.82, 2.24) is 9.78 Å². The van der Waals surface area contributed by atoms with Crippen molar-refractivity contribution in [3.05, 3.63) is 63.1 Å². The lowest BCUT2D eigenvalue weighted by molar-refractivity contribution is 0.0523. The number of benzene rings is 1. The normalized spacial score (nSPS) is 10.4. The molecule has 0 spiro atoms. The van der Waals surface area contributed by atoms with Crippen LogP contribution in [0.15, 0.2) is 35.1 Å². The zero-order valence-electron chi connectivity index (χ0n) is 12.4. The van der Waals surface area contributed by atoms with E-state index in [1.165, 1.54) is 10.7 Å². The summed E-state index contributed by atoms with van der Waals surface area (Å²) in [6, 6.07) is 9.29. The highest BCUT2D eigenvalue weighted by Gasteiger charge is 2.15. The van der Waals surface area contributed by atoms with E-state index in [1.54, 1.807) is 13.8 Å². The molecular formula is C16H18N2O3. The Morgan fingerprint density at radius 3 is 2.71 bits per heavy atom. The van der Waals surface area contributed by atoms with Gasteiger partial charge in [-0.1, -0.05) is 29.8 Å². The second-order valence-corrected chi connectivity index (χ2v) is 4.87. The molecule has 1 heterocycles. The van der Waals surface area contributed by atoms with Gasteiger partial charge >= 0.3 is 5.97 Å². The monoisotopic (exact) mass is 286 g/mol. The molecule has 21 heavy (non-hydrogen) atoms. The average Bonchev–Trinajstić information content (AvgIpc) is 2.42. The zero-order valence-corrected chi connectivity index (χ0v) is 12.4. The minimum atomic E-state index is -0.606. The molecule has 5 nitrogen and oxygen atoms in total. The molecule has 0 aliphatic heterocycles. The third-order valence-electron chi connectivity index (χ3n) is 3.01. The molecule has 0 N–H and O–H groups in total. The fourth-order valence-electron chi connectivity index (χ4n) is 2.12. The number of nitrogens with zero attached hydrogens (tertiary/aromatic N) is 2. The molecule has 110 valence electrons. The highest BCUT2D eigenvalue weighted by Crippen LogP contribution is 2.06. The van der Waals surface area contributed by atoms with E-state index < -0.39 is 11.5 Å². The Bertz CT molecular complexity index is 720. The Hall–Kier alpha value is -2.43. The van der Waals surface area contributed by atoms with Crippen molar-refractivity contribution in [2.24, 2.45) is 0 Å². The average molecular weight is 286 g/mol. The van der Waals surface area contributed by atoms with E-state index in [1.807, 2.05) is 31.2 Å². The molecule has 2 rings (SSSR count). The molecular weight excluding hydrogens is 268 g/mol. The first kappa shape index (κ1) is 15.0. The summed E-state index contributed by atoms with van der Waals surface area (Å²) in [7, 11) is 0. The lowest BCUT2D eigenvalue weighted by Gasteiger charge is -2.09. The summed E-state index contributed by atoms with van der Waals surface area (Å²) in [5, 5.41) is 4.20. The van der Waals surface area contributed by atoms with Crippen molar-refractivity contribution in [3.63, 3.8) is 0 Å². The second kappa shape index (κ2) is 6.35. The Morgan fingerprint density at radius 1 is 1.29 bits per heavy atom. The van der Waals surface area contributed by atoms with Gasteiger partial charge in [-0.15, -0.1) is 0 Å². The molecule has 5 heteroatoms. The van der Waals surface area contributed by atoms with Gasteiger partial charge in [-0.05, 0) is 32.4 Å². The van der Waals surface area contributed by atoms with Gasteiger partial charge in [0.1, 0.15) is 5.56 Å². The van der Waals surface area contributed by atoms with Crippen LogP contribution in [-0.4, -0.2) is 22.4 Å². The Morgan fingerprint density at radius 2 is 2.05 bits per heavy atom. The van der Waals surface area contributed by atoms with Crippen LogP contribution in [-0.2, 0) is 11.3 Å². The molecule has 1 aromatic heterocycles. The van der Waals surface area contributed by atoms with Gasteiger partial charge in [0.15, 0.2) is 0 Å². The number of aromatic nitrogens is 2. The molecule has 0 unspecified atom stereocenters. The topological polar surface area (TPSA) is 61.2 Å². The van der Waals surface area contributed by atoms with Gasteiger partial charge in [-0.25, -0.2) is 9.48 Å². The standard InChI is InChI=1S/C16H18N2O3/c1-4-21-16(20)14-9-12(3)17-18(15(14)19)10-13-7-5-6-11(2)8-13/h5-9H,4,10H2,1-3H3. The van der Waals surface area contributed by atoms with Crippen molar-refractivity contribution in [2.45, 2.75) is 27.3 Å². The minimum absolute atomic E-state index is 0.0250. The summed E-state index contributed by atoms with van der Waals surface area (Å²) in [6.45, 7) is 6.00. The fourth-order valence-corrected chi connectivity index (χ4v) is 2.12. The third kappa shape index (κ3) is 3.56. The van der Waals surface area contributed by atoms with Crippen LogP contribution in [0.3, 0.4) is 0 Å². The molecule has 0 atom stereocenters. The van der Waals surface area contributed by atoms with E-state index in [-0.39, 0.29) is 12.2 Å². The maximum atomic E-state index is 12.3. The van der Waals surface area contributed by atoms with Crippen molar-refractivity contribution in [1.29, 1.82) is 0 Å². The molecule has 0 aliphatic rings. The molecule has 0 aliphatic carbocycles. The van der Waals surface area contributed by atoms with E-state index in [9.17, 15) is 9.59 Å². The van der Waals surface area contributed by atoms with Gasteiger partial charge in [-0.3, -0.25) is 4.79 Å². The summed E-state index contributed by atoms with van der Waals surface area (Å²) in [4.78, 5) is 24.1. The van der Waals surface area contributed by atoms with E-state index in [2.05, 4.69) is 5.10 Å². The van der Waals surface area contributed by atoms with Gasteiger partial charge in [0.05, 0.1) is 18.8 Å². The van der Waals surface area contributed by atoms with Crippen LogP contribution in [0, 0.1) is 13.8 Å². The van der Waals surface area contributed by atoms with Gasteiger partial charge in [0.2, 0.25) is 0 Å². The number of carbonyl (C=O) groups excluding carboxylic acids is 1. The summed E-state index contributed by atoms with van der Waals surface area (Å²) in [5.74, 6) is -0.606. The number of rotatable bonds is 4. The Labute approximate surface area is 123 Å². The Balaban J connectivity index is 2.40. The van der Waals surface area contributed by atoms with Crippen LogP contribution in [0.1, 0.15) is 34.1 Å². The minimum Gasteiger partial charge on any atom is -0.462 e. The van der Waals surface area contributed by atoms with Gasteiger partial charge < -0.3 is 4.74 Å². The summed E-state index contributed by atoms with van der Waals surface area (Å²) < 4.78 is 6.21. The maximum absolute atomic E-state index is 12.3. The molecule has 0 fully saturated rings. The number of esters is 1. The van der Waals surface area contributed by atoms with Crippen molar-refractivity contribution < 1.29 is 9.53 Å². The molecule has 2 aromatic rings. The molecule has 1 aromatic carbocycles. The van der Waals surface area contributed by atoms with Gasteiger partial charge in [0, 0.05) is 0 Å². The van der Waals surface area contributed by atoms with Gasteiger partial charge in [0.25, 0.3) is 5.56 Å². The van der Waals surface area contributed by atoms with Crippen molar-refractivity contribution in [2.75, 3.05) is 6.61 Å². The third-order valence-corrected chi connectivity index (χ3v) is 3.01. The number of aryl methyl sites for hydroxylation is 2. The lowest BCUT2D eigenvalue weighted by Crippen LogP contribution is -2.30. The smallest absolute Gasteiger partial charge is 0.343 e. The number of carbonyl (C=O) groups is 1. The largest absolute Gasteiger partial charge is 0.462 e. The van der Waals surface area contributed by atoms with Crippen LogP contribution in [0.2, 0.25) is 0 Å². The van der Waals surface area contributed by atoms with E-state index >= 15 is 0 Å². The van der Waals surface area contributed by atoms with Crippen LogP contribution in [0.25, 0.3) is 0 Å². The second-order valence-electron chi connectivity index (χ2n) is 4.87. The summed E-state index contributed by atoms with van der Waals surface area (Å²) in [5.41, 5.74) is 2.27. The lowest BCUT2D eigenvalue weighted by atomic mass is 10.1. The van der Waals surface area contributed by atoms with Crippen LogP contribution < -0.4 is 5.56 Å². The number of hydrogen-bond donors (Lipinski definition) is 0. The molecule has 0 amide bonds. The Kier molecular flexibility index (Phi) is 4.52. The molecule has 0 bridgehead atoms. The first-order chi connectivity index (χ1) is 10.0. The fraction of sp³-hybridized carbons (Fsp3) is 0.312. The van der Waals surface area contributed by atoms with E-state index in [0.717, 1.165) is 11.1 Å². The first-order valence-electron chi connectivity index (χ1n) is 6.82. The molecule has 0 radical (unpaired) electrons. The van der Waals surface area contributed by atoms with Crippen molar-refractivity contribution in [3.8, 4) is 0 Å². The van der Waals surface area contributed by atoms with Crippen molar-refractivity contribution >= 4 is 5.97 Å². The van der Waals surface area contributed by atoms with Crippen LogP contribution >= 0.6 is 0 Å². The maximum Gasteiger partial charge on any atom is 0.343 e. The zero-order chi connectivity index (χ0) is 15.4.